The van der Waals surface area contributed by atoms with Gasteiger partial charge in [-0.2, -0.15) is 0 Å². The minimum absolute atomic E-state index is 0.440. The van der Waals surface area contributed by atoms with E-state index in [4.69, 9.17) is 4.42 Å². The Morgan fingerprint density at radius 3 is 2.57 bits per heavy atom. The van der Waals surface area contributed by atoms with E-state index in [9.17, 15) is 5.11 Å². The zero-order chi connectivity index (χ0) is 10.6. The van der Waals surface area contributed by atoms with E-state index in [0.29, 0.717) is 11.7 Å². The van der Waals surface area contributed by atoms with Crippen LogP contribution in [0.15, 0.2) is 16.5 Å². The van der Waals surface area contributed by atoms with Gasteiger partial charge in [0, 0.05) is 6.42 Å². The summed E-state index contributed by atoms with van der Waals surface area (Å²) in [6.45, 7) is 6.33. The zero-order valence-electron chi connectivity index (χ0n) is 9.29. The summed E-state index contributed by atoms with van der Waals surface area (Å²) in [6.07, 6.45) is 2.33. The molecule has 0 amide bonds. The van der Waals surface area contributed by atoms with Crippen molar-refractivity contribution in [3.8, 4) is 0 Å². The maximum Gasteiger partial charge on any atom is 0.132 e. The molecule has 0 spiro atoms. The first kappa shape index (κ1) is 11.3. The second kappa shape index (κ2) is 5.20. The molecule has 0 aliphatic carbocycles. The molecule has 0 aliphatic rings. The minimum atomic E-state index is -0.440. The Kier molecular flexibility index (Phi) is 4.21. The van der Waals surface area contributed by atoms with Gasteiger partial charge < -0.3 is 9.52 Å². The predicted molar refractivity (Wildman–Crippen MR) is 57.1 cm³/mol. The SMILES string of the molecule is CCc1ccc(C(O)CC(C)CC)o1. The number of hydrogen-bond donors (Lipinski definition) is 1. The van der Waals surface area contributed by atoms with Crippen LogP contribution in [0.4, 0.5) is 0 Å². The van der Waals surface area contributed by atoms with Gasteiger partial charge in [-0.1, -0.05) is 27.2 Å². The monoisotopic (exact) mass is 196 g/mol. The largest absolute Gasteiger partial charge is 0.463 e. The van der Waals surface area contributed by atoms with Crippen LogP contribution in [0.5, 0.6) is 0 Å². The van der Waals surface area contributed by atoms with Crippen molar-refractivity contribution in [1.29, 1.82) is 0 Å². The summed E-state index contributed by atoms with van der Waals surface area (Å²) in [6, 6.07) is 3.82. The van der Waals surface area contributed by atoms with Crippen molar-refractivity contribution in [3.05, 3.63) is 23.7 Å². The highest BCUT2D eigenvalue weighted by Gasteiger charge is 2.14. The average molecular weight is 196 g/mol. The Balaban J connectivity index is 2.55. The first-order valence-corrected chi connectivity index (χ1v) is 5.44. The molecular formula is C12H20O2. The smallest absolute Gasteiger partial charge is 0.132 e. The summed E-state index contributed by atoms with van der Waals surface area (Å²) in [5.74, 6) is 2.20. The molecule has 0 radical (unpaired) electrons. The summed E-state index contributed by atoms with van der Waals surface area (Å²) in [7, 11) is 0. The third kappa shape index (κ3) is 2.88. The van der Waals surface area contributed by atoms with E-state index in [1.54, 1.807) is 0 Å². The van der Waals surface area contributed by atoms with Crippen molar-refractivity contribution in [2.24, 2.45) is 5.92 Å². The van der Waals surface area contributed by atoms with E-state index < -0.39 is 6.10 Å². The molecule has 1 heterocycles. The van der Waals surface area contributed by atoms with Crippen molar-refractivity contribution >= 4 is 0 Å². The highest BCUT2D eigenvalue weighted by molar-refractivity contribution is 5.09. The van der Waals surface area contributed by atoms with Gasteiger partial charge in [-0.05, 0) is 24.5 Å². The van der Waals surface area contributed by atoms with Gasteiger partial charge in [0.2, 0.25) is 0 Å². The molecule has 1 rings (SSSR count). The van der Waals surface area contributed by atoms with Crippen LogP contribution in [0.1, 0.15) is 51.2 Å². The van der Waals surface area contributed by atoms with Crippen LogP contribution >= 0.6 is 0 Å². The van der Waals surface area contributed by atoms with Crippen molar-refractivity contribution in [2.75, 3.05) is 0 Å². The van der Waals surface area contributed by atoms with Gasteiger partial charge in [0.05, 0.1) is 0 Å². The molecule has 1 N–H and O–H groups in total. The van der Waals surface area contributed by atoms with Crippen LogP contribution in [0.3, 0.4) is 0 Å². The lowest BCUT2D eigenvalue weighted by Gasteiger charge is -2.12. The summed E-state index contributed by atoms with van der Waals surface area (Å²) in [5.41, 5.74) is 0. The van der Waals surface area contributed by atoms with Crippen LogP contribution in [-0.2, 0) is 6.42 Å². The maximum atomic E-state index is 9.84. The van der Waals surface area contributed by atoms with E-state index in [0.717, 1.165) is 25.0 Å². The summed E-state index contributed by atoms with van der Waals surface area (Å²) in [5, 5.41) is 9.84. The van der Waals surface area contributed by atoms with Gasteiger partial charge in [0.15, 0.2) is 0 Å². The van der Waals surface area contributed by atoms with Gasteiger partial charge in [-0.3, -0.25) is 0 Å². The third-order valence-corrected chi connectivity index (χ3v) is 2.68. The number of hydrogen-bond acceptors (Lipinski definition) is 2. The van der Waals surface area contributed by atoms with Crippen LogP contribution < -0.4 is 0 Å². The van der Waals surface area contributed by atoms with Gasteiger partial charge in [0.1, 0.15) is 17.6 Å². The first-order valence-electron chi connectivity index (χ1n) is 5.44. The fourth-order valence-corrected chi connectivity index (χ4v) is 1.43. The Morgan fingerprint density at radius 1 is 1.36 bits per heavy atom. The number of aryl methyl sites for hydroxylation is 1. The molecule has 0 bridgehead atoms. The minimum Gasteiger partial charge on any atom is -0.463 e. The number of aliphatic hydroxyl groups excluding tert-OH is 1. The average Bonchev–Trinajstić information content (AvgIpc) is 2.65. The van der Waals surface area contributed by atoms with Crippen LogP contribution in [0.25, 0.3) is 0 Å². The highest BCUT2D eigenvalue weighted by atomic mass is 16.4. The van der Waals surface area contributed by atoms with Crippen LogP contribution in [-0.4, -0.2) is 5.11 Å². The second-order valence-corrected chi connectivity index (χ2v) is 3.92. The van der Waals surface area contributed by atoms with E-state index in [2.05, 4.69) is 13.8 Å². The van der Waals surface area contributed by atoms with Gasteiger partial charge in [-0.25, -0.2) is 0 Å². The molecule has 2 unspecified atom stereocenters. The summed E-state index contributed by atoms with van der Waals surface area (Å²) in [4.78, 5) is 0. The number of rotatable bonds is 5. The van der Waals surface area contributed by atoms with Gasteiger partial charge >= 0.3 is 0 Å². The maximum absolute atomic E-state index is 9.84. The topological polar surface area (TPSA) is 33.4 Å². The molecule has 0 aromatic carbocycles. The standard InChI is InChI=1S/C12H20O2/c1-4-9(3)8-11(13)12-7-6-10(5-2)14-12/h6-7,9,11,13H,4-5,8H2,1-3H3. The normalized spacial score (nSPS) is 15.4. The van der Waals surface area contributed by atoms with Crippen molar-refractivity contribution in [3.63, 3.8) is 0 Å². The van der Waals surface area contributed by atoms with E-state index >= 15 is 0 Å². The molecule has 14 heavy (non-hydrogen) atoms. The quantitative estimate of drug-likeness (QED) is 0.783. The molecule has 2 heteroatoms. The van der Waals surface area contributed by atoms with E-state index in [1.165, 1.54) is 0 Å². The molecule has 0 saturated heterocycles. The molecule has 1 aromatic heterocycles. The predicted octanol–water partition coefficient (Wildman–Crippen LogP) is 3.31. The van der Waals surface area contributed by atoms with Gasteiger partial charge in [0.25, 0.3) is 0 Å². The Morgan fingerprint density at radius 2 is 2.07 bits per heavy atom. The third-order valence-electron chi connectivity index (χ3n) is 2.68. The van der Waals surface area contributed by atoms with Gasteiger partial charge in [-0.15, -0.1) is 0 Å². The molecule has 2 atom stereocenters. The molecule has 0 fully saturated rings. The Bertz CT molecular complexity index is 265. The molecule has 2 nitrogen and oxygen atoms in total. The fourth-order valence-electron chi connectivity index (χ4n) is 1.43. The molecule has 0 saturated carbocycles. The zero-order valence-corrected chi connectivity index (χ0v) is 9.29. The highest BCUT2D eigenvalue weighted by Crippen LogP contribution is 2.24. The van der Waals surface area contributed by atoms with Crippen LogP contribution in [0.2, 0.25) is 0 Å². The van der Waals surface area contributed by atoms with Crippen molar-refractivity contribution in [1.82, 2.24) is 0 Å². The van der Waals surface area contributed by atoms with E-state index in [-0.39, 0.29) is 0 Å². The Hall–Kier alpha value is -0.760. The lowest BCUT2D eigenvalue weighted by molar-refractivity contribution is 0.120. The second-order valence-electron chi connectivity index (χ2n) is 3.92. The van der Waals surface area contributed by atoms with Crippen LogP contribution in [0, 0.1) is 5.92 Å². The summed E-state index contributed by atoms with van der Waals surface area (Å²) < 4.78 is 5.49. The van der Waals surface area contributed by atoms with E-state index in [1.807, 2.05) is 19.1 Å². The molecule has 1 aromatic rings. The number of aliphatic hydroxyl groups is 1. The lowest BCUT2D eigenvalue weighted by Crippen LogP contribution is -2.02. The molecular weight excluding hydrogens is 176 g/mol. The fraction of sp³-hybridized carbons (Fsp3) is 0.667. The summed E-state index contributed by atoms with van der Waals surface area (Å²) >= 11 is 0. The molecule has 0 aliphatic heterocycles. The number of furan rings is 1. The van der Waals surface area contributed by atoms with Crippen molar-refractivity contribution < 1.29 is 9.52 Å². The first-order chi connectivity index (χ1) is 6.67. The van der Waals surface area contributed by atoms with Crippen molar-refractivity contribution in [2.45, 2.75) is 46.1 Å². The molecule has 80 valence electrons. The Labute approximate surface area is 85.9 Å². The lowest BCUT2D eigenvalue weighted by atomic mass is 10.00.